The van der Waals surface area contributed by atoms with Gasteiger partial charge in [0.15, 0.2) is 0 Å². The highest BCUT2D eigenvalue weighted by molar-refractivity contribution is 5.98. The van der Waals surface area contributed by atoms with Crippen molar-refractivity contribution in [2.75, 3.05) is 13.2 Å². The van der Waals surface area contributed by atoms with Crippen molar-refractivity contribution in [3.63, 3.8) is 0 Å². The first-order valence-corrected chi connectivity index (χ1v) is 9.05. The number of allylic oxidation sites excluding steroid dienone is 2. The van der Waals surface area contributed by atoms with Crippen molar-refractivity contribution in [1.82, 2.24) is 4.90 Å². The fourth-order valence-electron chi connectivity index (χ4n) is 3.50. The SMILES string of the molecule is C=C(C)C(=NC(C#N)=C(C)C)N1CCC(OCC2(C)CC2)C2CC21. The monoisotopic (exact) mass is 327 g/mol. The number of ether oxygens (including phenoxy) is 1. The van der Waals surface area contributed by atoms with E-state index >= 15 is 0 Å². The molecule has 1 aliphatic heterocycles. The number of aliphatic imine (C=N–C) groups is 1. The maximum Gasteiger partial charge on any atom is 0.141 e. The second-order valence-electron chi connectivity index (χ2n) is 8.29. The Kier molecular flexibility index (Phi) is 4.57. The average Bonchev–Trinajstić information content (AvgIpc) is 3.42. The lowest BCUT2D eigenvalue weighted by Crippen LogP contribution is -2.43. The zero-order valence-corrected chi connectivity index (χ0v) is 15.4. The number of fused-ring (bicyclic) bond motifs is 1. The van der Waals surface area contributed by atoms with Gasteiger partial charge in [-0.05, 0) is 63.0 Å². The molecule has 3 unspecified atom stereocenters. The van der Waals surface area contributed by atoms with Crippen LogP contribution in [-0.4, -0.2) is 36.0 Å². The summed E-state index contributed by atoms with van der Waals surface area (Å²) in [5.41, 5.74) is 2.83. The predicted molar refractivity (Wildman–Crippen MR) is 96.5 cm³/mol. The normalized spacial score (nSPS) is 30.2. The van der Waals surface area contributed by atoms with E-state index in [1.54, 1.807) is 0 Å². The number of nitrogens with zero attached hydrogens (tertiary/aromatic N) is 3. The van der Waals surface area contributed by atoms with Crippen molar-refractivity contribution in [2.45, 2.75) is 65.5 Å². The van der Waals surface area contributed by atoms with E-state index in [0.717, 1.165) is 36.6 Å². The van der Waals surface area contributed by atoms with Gasteiger partial charge in [-0.2, -0.15) is 5.26 Å². The summed E-state index contributed by atoms with van der Waals surface area (Å²) in [6, 6.07) is 2.71. The Balaban J connectivity index is 1.68. The molecule has 1 heterocycles. The molecule has 0 aromatic rings. The minimum absolute atomic E-state index is 0.397. The molecular formula is C20H29N3O. The van der Waals surface area contributed by atoms with E-state index in [1.807, 2.05) is 20.8 Å². The summed E-state index contributed by atoms with van der Waals surface area (Å²) in [6.45, 7) is 14.1. The minimum Gasteiger partial charge on any atom is -0.377 e. The summed E-state index contributed by atoms with van der Waals surface area (Å²) in [5, 5.41) is 9.31. The molecule has 3 rings (SSSR count). The molecule has 3 aliphatic rings. The highest BCUT2D eigenvalue weighted by Crippen LogP contribution is 2.49. The molecule has 130 valence electrons. The zero-order chi connectivity index (χ0) is 17.5. The minimum atomic E-state index is 0.397. The van der Waals surface area contributed by atoms with Gasteiger partial charge in [-0.3, -0.25) is 0 Å². The van der Waals surface area contributed by atoms with Crippen LogP contribution < -0.4 is 0 Å². The van der Waals surface area contributed by atoms with Crippen molar-refractivity contribution < 1.29 is 4.74 Å². The highest BCUT2D eigenvalue weighted by Gasteiger charge is 2.52. The lowest BCUT2D eigenvalue weighted by atomic mass is 10.1. The Labute approximate surface area is 145 Å². The van der Waals surface area contributed by atoms with Crippen LogP contribution in [0.15, 0.2) is 28.4 Å². The quantitative estimate of drug-likeness (QED) is 0.435. The summed E-state index contributed by atoms with van der Waals surface area (Å²) < 4.78 is 6.24. The topological polar surface area (TPSA) is 48.6 Å². The maximum absolute atomic E-state index is 9.31. The summed E-state index contributed by atoms with van der Waals surface area (Å²) in [5.74, 6) is 1.50. The van der Waals surface area contributed by atoms with E-state index < -0.39 is 0 Å². The summed E-state index contributed by atoms with van der Waals surface area (Å²) in [4.78, 5) is 6.99. The number of piperidine rings is 1. The zero-order valence-electron chi connectivity index (χ0n) is 15.4. The molecule has 3 atom stereocenters. The predicted octanol–water partition coefficient (Wildman–Crippen LogP) is 4.06. The van der Waals surface area contributed by atoms with Gasteiger partial charge in [-0.25, -0.2) is 4.99 Å². The molecule has 0 aromatic heterocycles. The van der Waals surface area contributed by atoms with E-state index in [0.29, 0.717) is 29.2 Å². The van der Waals surface area contributed by atoms with E-state index in [2.05, 4.69) is 29.5 Å². The Morgan fingerprint density at radius 1 is 1.38 bits per heavy atom. The van der Waals surface area contributed by atoms with Crippen LogP contribution in [0, 0.1) is 22.7 Å². The van der Waals surface area contributed by atoms with Crippen molar-refractivity contribution in [1.29, 1.82) is 5.26 Å². The highest BCUT2D eigenvalue weighted by atomic mass is 16.5. The molecule has 4 heteroatoms. The van der Waals surface area contributed by atoms with Gasteiger partial charge in [0, 0.05) is 18.5 Å². The van der Waals surface area contributed by atoms with Gasteiger partial charge in [0.25, 0.3) is 0 Å². The lowest BCUT2D eigenvalue weighted by Gasteiger charge is -2.34. The van der Waals surface area contributed by atoms with E-state index in [1.165, 1.54) is 19.3 Å². The first kappa shape index (κ1) is 17.2. The van der Waals surface area contributed by atoms with Gasteiger partial charge in [0.2, 0.25) is 0 Å². The summed E-state index contributed by atoms with van der Waals surface area (Å²) in [6.07, 6.45) is 5.23. The van der Waals surface area contributed by atoms with Crippen molar-refractivity contribution >= 4 is 5.84 Å². The van der Waals surface area contributed by atoms with Gasteiger partial charge in [-0.1, -0.05) is 13.5 Å². The van der Waals surface area contributed by atoms with Crippen LogP contribution in [-0.2, 0) is 4.74 Å². The van der Waals surface area contributed by atoms with Crippen molar-refractivity contribution in [3.05, 3.63) is 23.4 Å². The lowest BCUT2D eigenvalue weighted by molar-refractivity contribution is -0.00953. The van der Waals surface area contributed by atoms with Crippen LogP contribution in [0.1, 0.15) is 53.4 Å². The fraction of sp³-hybridized carbons (Fsp3) is 0.700. The Hall–Kier alpha value is -1.60. The van der Waals surface area contributed by atoms with E-state index in [9.17, 15) is 5.26 Å². The Morgan fingerprint density at radius 3 is 2.62 bits per heavy atom. The molecule has 1 saturated heterocycles. The second kappa shape index (κ2) is 6.37. The third-order valence-corrected chi connectivity index (χ3v) is 5.54. The van der Waals surface area contributed by atoms with Crippen LogP contribution in [0.4, 0.5) is 0 Å². The smallest absolute Gasteiger partial charge is 0.141 e. The van der Waals surface area contributed by atoms with Gasteiger partial charge >= 0.3 is 0 Å². The van der Waals surface area contributed by atoms with E-state index in [-0.39, 0.29) is 0 Å². The maximum atomic E-state index is 9.31. The third-order valence-electron chi connectivity index (χ3n) is 5.54. The average molecular weight is 327 g/mol. The Morgan fingerprint density at radius 2 is 2.08 bits per heavy atom. The number of likely N-dealkylation sites (tertiary alicyclic amines) is 1. The summed E-state index contributed by atoms with van der Waals surface area (Å²) in [7, 11) is 0. The number of nitriles is 1. The molecule has 2 aliphatic carbocycles. The second-order valence-corrected chi connectivity index (χ2v) is 8.29. The van der Waals surface area contributed by atoms with Gasteiger partial charge in [0.05, 0.1) is 12.7 Å². The standard InChI is InChI=1S/C20H29N3O/c1-13(2)16(11-21)22-19(14(3)4)23-9-6-18(15-10-17(15)23)24-12-20(5)7-8-20/h15,17-18H,3,6-10,12H2,1-2,4-5H3. The number of amidine groups is 1. The van der Waals surface area contributed by atoms with Crippen molar-refractivity contribution in [3.8, 4) is 6.07 Å². The fourth-order valence-corrected chi connectivity index (χ4v) is 3.50. The van der Waals surface area contributed by atoms with Gasteiger partial charge < -0.3 is 9.64 Å². The molecule has 3 fully saturated rings. The van der Waals surface area contributed by atoms with Crippen LogP contribution in [0.2, 0.25) is 0 Å². The van der Waals surface area contributed by atoms with Crippen LogP contribution in [0.5, 0.6) is 0 Å². The molecule has 0 radical (unpaired) electrons. The van der Waals surface area contributed by atoms with Crippen LogP contribution >= 0.6 is 0 Å². The number of rotatable bonds is 5. The number of hydrogen-bond donors (Lipinski definition) is 0. The molecule has 0 bridgehead atoms. The largest absolute Gasteiger partial charge is 0.377 e. The van der Waals surface area contributed by atoms with Crippen LogP contribution in [0.3, 0.4) is 0 Å². The Bertz CT molecular complexity index is 632. The summed E-state index contributed by atoms with van der Waals surface area (Å²) >= 11 is 0. The molecule has 0 spiro atoms. The molecular weight excluding hydrogens is 298 g/mol. The van der Waals surface area contributed by atoms with E-state index in [4.69, 9.17) is 4.74 Å². The first-order valence-electron chi connectivity index (χ1n) is 9.05. The molecule has 0 amide bonds. The third kappa shape index (κ3) is 3.57. The number of hydrogen-bond acceptors (Lipinski definition) is 3. The molecule has 24 heavy (non-hydrogen) atoms. The van der Waals surface area contributed by atoms with Crippen molar-refractivity contribution in [2.24, 2.45) is 16.3 Å². The molecule has 0 aromatic carbocycles. The molecule has 4 nitrogen and oxygen atoms in total. The van der Waals surface area contributed by atoms with Gasteiger partial charge in [0.1, 0.15) is 17.6 Å². The first-order chi connectivity index (χ1) is 11.3. The molecule has 2 saturated carbocycles. The molecule has 0 N–H and O–H groups in total. The van der Waals surface area contributed by atoms with Gasteiger partial charge in [-0.15, -0.1) is 0 Å². The van der Waals surface area contributed by atoms with Crippen LogP contribution in [0.25, 0.3) is 0 Å².